The molecule has 0 aliphatic rings. The van der Waals surface area contributed by atoms with Gasteiger partial charge in [-0.15, -0.1) is 23.7 Å². The Hall–Kier alpha value is -1.17. The number of amides is 1. The minimum absolute atomic E-state index is 0. The summed E-state index contributed by atoms with van der Waals surface area (Å²) >= 11 is 1.67. The van der Waals surface area contributed by atoms with E-state index in [1.54, 1.807) is 11.3 Å². The number of nitrogens with two attached hydrogens (primary N) is 1. The number of nitrogens with one attached hydrogen (secondary N) is 1. The molecule has 0 saturated carbocycles. The second-order valence-electron chi connectivity index (χ2n) is 4.89. The van der Waals surface area contributed by atoms with Crippen LogP contribution in [0.1, 0.15) is 18.9 Å². The highest BCUT2D eigenvalue weighted by molar-refractivity contribution is 7.18. The smallest absolute Gasteiger partial charge is 0.237 e. The first-order valence-corrected chi connectivity index (χ1v) is 7.27. The Balaban J connectivity index is 0.00000200. The molecule has 2 rings (SSSR count). The Labute approximate surface area is 129 Å². The number of thiazole rings is 1. The van der Waals surface area contributed by atoms with Gasteiger partial charge in [0, 0.05) is 13.0 Å². The van der Waals surface area contributed by atoms with Crippen LogP contribution in [0.4, 0.5) is 0 Å². The van der Waals surface area contributed by atoms with Crippen molar-refractivity contribution in [2.24, 2.45) is 11.7 Å². The molecule has 1 aromatic carbocycles. The van der Waals surface area contributed by atoms with E-state index in [-0.39, 0.29) is 24.2 Å². The second kappa shape index (κ2) is 7.57. The first kappa shape index (κ1) is 16.9. The average Bonchev–Trinajstić information content (AvgIpc) is 2.80. The monoisotopic (exact) mass is 313 g/mol. The van der Waals surface area contributed by atoms with Crippen molar-refractivity contribution in [2.45, 2.75) is 26.3 Å². The Kier molecular flexibility index (Phi) is 6.39. The van der Waals surface area contributed by atoms with Gasteiger partial charge < -0.3 is 11.1 Å². The molecule has 0 spiro atoms. The van der Waals surface area contributed by atoms with E-state index < -0.39 is 6.04 Å². The number of hydrogen-bond acceptors (Lipinski definition) is 4. The summed E-state index contributed by atoms with van der Waals surface area (Å²) in [6, 6.07) is 7.62. The third-order valence-corrected chi connectivity index (χ3v) is 4.09. The van der Waals surface area contributed by atoms with E-state index in [0.717, 1.165) is 16.9 Å². The van der Waals surface area contributed by atoms with Crippen LogP contribution in [-0.2, 0) is 11.2 Å². The van der Waals surface area contributed by atoms with E-state index in [1.807, 2.05) is 32.0 Å². The molecule has 0 saturated heterocycles. The van der Waals surface area contributed by atoms with Gasteiger partial charge in [0.2, 0.25) is 5.91 Å². The number of para-hydroxylation sites is 1. The second-order valence-corrected chi connectivity index (χ2v) is 6.00. The molecular formula is C14H20ClN3OS. The number of aromatic nitrogens is 1. The van der Waals surface area contributed by atoms with Crippen molar-refractivity contribution >= 4 is 39.9 Å². The molecule has 2 aromatic rings. The van der Waals surface area contributed by atoms with Gasteiger partial charge in [-0.2, -0.15) is 0 Å². The predicted molar refractivity (Wildman–Crippen MR) is 86.4 cm³/mol. The molecule has 1 unspecified atom stereocenters. The molecule has 6 heteroatoms. The van der Waals surface area contributed by atoms with Crippen molar-refractivity contribution in [3.05, 3.63) is 29.3 Å². The summed E-state index contributed by atoms with van der Waals surface area (Å²) in [7, 11) is 0. The molecule has 0 bridgehead atoms. The minimum atomic E-state index is -0.435. The predicted octanol–water partition coefficient (Wildman–Crippen LogP) is 2.36. The fourth-order valence-corrected chi connectivity index (χ4v) is 2.71. The van der Waals surface area contributed by atoms with Gasteiger partial charge in [0.1, 0.15) is 0 Å². The average molecular weight is 314 g/mol. The van der Waals surface area contributed by atoms with Gasteiger partial charge in [0.25, 0.3) is 0 Å². The maximum atomic E-state index is 11.7. The van der Waals surface area contributed by atoms with E-state index in [0.29, 0.717) is 6.54 Å². The molecule has 1 heterocycles. The van der Waals surface area contributed by atoms with Gasteiger partial charge in [0.15, 0.2) is 0 Å². The fraction of sp³-hybridized carbons (Fsp3) is 0.429. The van der Waals surface area contributed by atoms with Gasteiger partial charge in [-0.05, 0) is 18.1 Å². The zero-order valence-corrected chi connectivity index (χ0v) is 13.3. The third kappa shape index (κ3) is 4.16. The zero-order chi connectivity index (χ0) is 13.8. The topological polar surface area (TPSA) is 68.0 Å². The maximum absolute atomic E-state index is 11.7. The first-order valence-electron chi connectivity index (χ1n) is 6.45. The van der Waals surface area contributed by atoms with Gasteiger partial charge in [-0.25, -0.2) is 4.98 Å². The van der Waals surface area contributed by atoms with Crippen LogP contribution in [0, 0.1) is 5.92 Å². The van der Waals surface area contributed by atoms with Gasteiger partial charge >= 0.3 is 0 Å². The number of rotatable bonds is 5. The highest BCUT2D eigenvalue weighted by atomic mass is 35.5. The number of fused-ring (bicyclic) bond motifs is 1. The normalized spacial score (nSPS) is 12.2. The molecule has 0 radical (unpaired) electrons. The van der Waals surface area contributed by atoms with E-state index in [2.05, 4.69) is 16.4 Å². The molecule has 0 aliphatic carbocycles. The fourth-order valence-electron chi connectivity index (χ4n) is 1.74. The molecular weight excluding hydrogens is 294 g/mol. The van der Waals surface area contributed by atoms with Crippen LogP contribution in [-0.4, -0.2) is 23.5 Å². The van der Waals surface area contributed by atoms with Crippen LogP contribution in [0.2, 0.25) is 0 Å². The van der Waals surface area contributed by atoms with Crippen molar-refractivity contribution in [2.75, 3.05) is 6.54 Å². The van der Waals surface area contributed by atoms with Gasteiger partial charge in [0.05, 0.1) is 21.3 Å². The molecule has 4 nitrogen and oxygen atoms in total. The SMILES string of the molecule is CC(C)C(N)C(=O)NCCc1nc2ccccc2s1.Cl. The van der Waals surface area contributed by atoms with Crippen molar-refractivity contribution in [3.63, 3.8) is 0 Å². The highest BCUT2D eigenvalue weighted by Crippen LogP contribution is 2.21. The molecule has 3 N–H and O–H groups in total. The number of nitrogens with zero attached hydrogens (tertiary/aromatic N) is 1. The van der Waals surface area contributed by atoms with E-state index in [4.69, 9.17) is 5.73 Å². The number of benzene rings is 1. The summed E-state index contributed by atoms with van der Waals surface area (Å²) in [6.45, 7) is 4.47. The summed E-state index contributed by atoms with van der Waals surface area (Å²) in [4.78, 5) is 16.2. The largest absolute Gasteiger partial charge is 0.354 e. The standard InChI is InChI=1S/C14H19N3OS.ClH/c1-9(2)13(15)14(18)16-8-7-12-17-10-5-3-4-6-11(10)19-12;/h3-6,9,13H,7-8,15H2,1-2H3,(H,16,18);1H. The molecule has 1 amide bonds. The number of halogens is 1. The summed E-state index contributed by atoms with van der Waals surface area (Å²) < 4.78 is 1.18. The molecule has 1 aromatic heterocycles. The summed E-state index contributed by atoms with van der Waals surface area (Å²) in [5, 5.41) is 3.90. The summed E-state index contributed by atoms with van der Waals surface area (Å²) in [6.07, 6.45) is 0.746. The Bertz CT molecular complexity index is 537. The molecule has 110 valence electrons. The summed E-state index contributed by atoms with van der Waals surface area (Å²) in [5.41, 5.74) is 6.80. The van der Waals surface area contributed by atoms with Crippen LogP contribution in [0.15, 0.2) is 24.3 Å². The Morgan fingerprint density at radius 3 is 2.75 bits per heavy atom. The van der Waals surface area contributed by atoms with Gasteiger partial charge in [-0.3, -0.25) is 4.79 Å². The van der Waals surface area contributed by atoms with Crippen molar-refractivity contribution in [3.8, 4) is 0 Å². The summed E-state index contributed by atoms with van der Waals surface area (Å²) in [5.74, 6) is 0.0681. The third-order valence-electron chi connectivity index (χ3n) is 3.00. The maximum Gasteiger partial charge on any atom is 0.237 e. The molecule has 0 aliphatic heterocycles. The lowest BCUT2D eigenvalue weighted by atomic mass is 10.1. The first-order chi connectivity index (χ1) is 9.08. The number of carbonyl (C=O) groups is 1. The molecule has 1 atom stereocenters. The van der Waals surface area contributed by atoms with E-state index in [9.17, 15) is 4.79 Å². The lowest BCUT2D eigenvalue weighted by Gasteiger charge is -2.14. The van der Waals surface area contributed by atoms with Gasteiger partial charge in [-0.1, -0.05) is 26.0 Å². The van der Waals surface area contributed by atoms with Crippen LogP contribution >= 0.6 is 23.7 Å². The Morgan fingerprint density at radius 2 is 2.10 bits per heavy atom. The lowest BCUT2D eigenvalue weighted by molar-refractivity contribution is -0.123. The molecule has 0 fully saturated rings. The molecule has 20 heavy (non-hydrogen) atoms. The van der Waals surface area contributed by atoms with Crippen molar-refractivity contribution in [1.82, 2.24) is 10.3 Å². The number of carbonyl (C=O) groups excluding carboxylic acids is 1. The van der Waals surface area contributed by atoms with Crippen LogP contribution < -0.4 is 11.1 Å². The minimum Gasteiger partial charge on any atom is -0.354 e. The quantitative estimate of drug-likeness (QED) is 0.890. The van der Waals surface area contributed by atoms with Crippen LogP contribution in [0.3, 0.4) is 0 Å². The lowest BCUT2D eigenvalue weighted by Crippen LogP contribution is -2.44. The highest BCUT2D eigenvalue weighted by Gasteiger charge is 2.16. The van der Waals surface area contributed by atoms with E-state index >= 15 is 0 Å². The van der Waals surface area contributed by atoms with E-state index in [1.165, 1.54) is 4.70 Å². The van der Waals surface area contributed by atoms with Crippen molar-refractivity contribution in [1.29, 1.82) is 0 Å². The number of hydrogen-bond donors (Lipinski definition) is 2. The Morgan fingerprint density at radius 1 is 1.40 bits per heavy atom. The zero-order valence-electron chi connectivity index (χ0n) is 11.6. The van der Waals surface area contributed by atoms with Crippen LogP contribution in [0.5, 0.6) is 0 Å². The van der Waals surface area contributed by atoms with Crippen molar-refractivity contribution < 1.29 is 4.79 Å². The van der Waals surface area contributed by atoms with Crippen LogP contribution in [0.25, 0.3) is 10.2 Å².